The molecule has 0 bridgehead atoms. The fraction of sp³-hybridized carbons (Fsp3) is 0. The summed E-state index contributed by atoms with van der Waals surface area (Å²) in [6.07, 6.45) is 7.61. The summed E-state index contributed by atoms with van der Waals surface area (Å²) in [5, 5.41) is 7.75. The number of aromatic nitrogens is 2. The maximum absolute atomic E-state index is 4.37. The van der Waals surface area contributed by atoms with Crippen LogP contribution in [0.15, 0.2) is 146 Å². The van der Waals surface area contributed by atoms with Gasteiger partial charge in [-0.15, -0.1) is 11.3 Å². The summed E-state index contributed by atoms with van der Waals surface area (Å²) < 4.78 is 2.67. The third kappa shape index (κ3) is 3.44. The average Bonchev–Trinajstić information content (AvgIpc) is 3.65. The molecule has 0 saturated carbocycles. The van der Waals surface area contributed by atoms with Crippen LogP contribution in [0.3, 0.4) is 0 Å². The smallest absolute Gasteiger partial charge is 0.0434 e. The van der Waals surface area contributed by atoms with Crippen LogP contribution < -0.4 is 0 Å². The number of hydrogen-bond donors (Lipinski definition) is 0. The van der Waals surface area contributed by atoms with Crippen molar-refractivity contribution < 1.29 is 0 Å². The maximum Gasteiger partial charge on any atom is 0.0434 e. The van der Waals surface area contributed by atoms with Gasteiger partial charge in [-0.05, 0) is 102 Å². The summed E-state index contributed by atoms with van der Waals surface area (Å²) in [6, 6.07) is 44.5. The number of rotatable bonds is 3. The first-order valence-electron chi connectivity index (χ1n) is 15.2. The Hall–Kier alpha value is -5.64. The Balaban J connectivity index is 1.36. The lowest BCUT2D eigenvalue weighted by Gasteiger charge is -2.20. The van der Waals surface area contributed by atoms with E-state index in [1.807, 2.05) is 36.1 Å². The summed E-state index contributed by atoms with van der Waals surface area (Å²) >= 11 is 1.89. The van der Waals surface area contributed by atoms with Crippen molar-refractivity contribution in [2.24, 2.45) is 0 Å². The lowest BCUT2D eigenvalue weighted by Crippen LogP contribution is -1.93. The Labute approximate surface area is 263 Å². The van der Waals surface area contributed by atoms with Gasteiger partial charge in [0.25, 0.3) is 0 Å². The van der Waals surface area contributed by atoms with Crippen molar-refractivity contribution >= 4 is 53.1 Å². The molecule has 3 heterocycles. The van der Waals surface area contributed by atoms with E-state index in [1.165, 1.54) is 97.4 Å². The molecule has 0 fully saturated rings. The van der Waals surface area contributed by atoms with E-state index in [9.17, 15) is 0 Å². The van der Waals surface area contributed by atoms with Gasteiger partial charge in [-0.2, -0.15) is 0 Å². The van der Waals surface area contributed by atoms with E-state index >= 15 is 0 Å². The average molecular weight is 589 g/mol. The Kier molecular flexibility index (Phi) is 5.19. The van der Waals surface area contributed by atoms with E-state index in [0.29, 0.717) is 0 Å². The molecule has 0 spiro atoms. The molecule has 0 unspecified atom stereocenters. The second-order valence-corrected chi connectivity index (χ2v) is 12.7. The summed E-state index contributed by atoms with van der Waals surface area (Å²) in [6.45, 7) is 0. The zero-order valence-electron chi connectivity index (χ0n) is 24.2. The van der Waals surface area contributed by atoms with Crippen molar-refractivity contribution in [1.29, 1.82) is 0 Å². The van der Waals surface area contributed by atoms with Gasteiger partial charge in [0.05, 0.1) is 0 Å². The third-order valence-electron chi connectivity index (χ3n) is 9.43. The van der Waals surface area contributed by atoms with E-state index < -0.39 is 0 Å². The van der Waals surface area contributed by atoms with Gasteiger partial charge in [0.1, 0.15) is 0 Å². The Bertz CT molecular complexity index is 2540. The molecule has 3 heteroatoms. The van der Waals surface area contributed by atoms with Gasteiger partial charge in [-0.3, -0.25) is 9.97 Å². The number of nitrogens with zero attached hydrogens (tertiary/aromatic N) is 2. The minimum Gasteiger partial charge on any atom is -0.265 e. The highest BCUT2D eigenvalue weighted by atomic mass is 32.1. The fourth-order valence-corrected chi connectivity index (χ4v) is 8.86. The topological polar surface area (TPSA) is 25.8 Å². The molecular formula is C42H24N2S. The second kappa shape index (κ2) is 9.43. The summed E-state index contributed by atoms with van der Waals surface area (Å²) in [5.41, 5.74) is 12.6. The third-order valence-corrected chi connectivity index (χ3v) is 10.6. The van der Waals surface area contributed by atoms with Gasteiger partial charge in [0, 0.05) is 50.5 Å². The van der Waals surface area contributed by atoms with Crippen LogP contribution in [-0.4, -0.2) is 9.97 Å². The second-order valence-electron chi connectivity index (χ2n) is 11.7. The van der Waals surface area contributed by atoms with Crippen molar-refractivity contribution in [2.75, 3.05) is 0 Å². The molecule has 6 aromatic carbocycles. The molecule has 1 aliphatic rings. The van der Waals surface area contributed by atoms with Crippen LogP contribution in [0.2, 0.25) is 0 Å². The molecule has 0 aliphatic heterocycles. The molecule has 45 heavy (non-hydrogen) atoms. The van der Waals surface area contributed by atoms with Crippen molar-refractivity contribution in [2.45, 2.75) is 0 Å². The molecule has 1 aliphatic carbocycles. The van der Waals surface area contributed by atoms with Crippen LogP contribution in [0, 0.1) is 0 Å². The zero-order valence-corrected chi connectivity index (χ0v) is 25.0. The van der Waals surface area contributed by atoms with Crippen molar-refractivity contribution in [1.82, 2.24) is 9.97 Å². The van der Waals surface area contributed by atoms with E-state index in [0.717, 1.165) is 0 Å². The van der Waals surface area contributed by atoms with E-state index in [-0.39, 0.29) is 0 Å². The number of hydrogen-bond acceptors (Lipinski definition) is 3. The van der Waals surface area contributed by atoms with Gasteiger partial charge in [0.2, 0.25) is 0 Å². The molecular weight excluding hydrogens is 565 g/mol. The normalized spacial score (nSPS) is 12.0. The monoisotopic (exact) mass is 588 g/mol. The molecule has 2 nitrogen and oxygen atoms in total. The standard InChI is InChI=1S/C42H24N2S/c1-2-9-31-30(8-1)37(25-17-21-43-22-18-25)40-34-13-5-10-29-27(32-11-6-12-33-28-7-3-4-14-36(28)45-42(32)33)15-16-35(39(29)34)41(40)38(31)26-19-23-44-24-20-26/h1-24H. The molecule has 208 valence electrons. The predicted molar refractivity (Wildman–Crippen MR) is 191 cm³/mol. The zero-order chi connectivity index (χ0) is 29.5. The number of fused-ring (bicyclic) bond motifs is 7. The largest absolute Gasteiger partial charge is 0.265 e. The van der Waals surface area contributed by atoms with Gasteiger partial charge in [0.15, 0.2) is 0 Å². The highest BCUT2D eigenvalue weighted by molar-refractivity contribution is 7.26. The lowest BCUT2D eigenvalue weighted by atomic mass is 9.83. The number of thiophene rings is 1. The molecule has 0 amide bonds. The Morgan fingerprint density at radius 3 is 1.53 bits per heavy atom. The van der Waals surface area contributed by atoms with Crippen LogP contribution in [0.5, 0.6) is 0 Å². The summed E-state index contributed by atoms with van der Waals surface area (Å²) in [7, 11) is 0. The molecule has 0 N–H and O–H groups in total. The quantitative estimate of drug-likeness (QED) is 0.205. The van der Waals surface area contributed by atoms with Gasteiger partial charge in [-0.1, -0.05) is 91.0 Å². The van der Waals surface area contributed by atoms with E-state index in [4.69, 9.17) is 0 Å². The van der Waals surface area contributed by atoms with Crippen molar-refractivity contribution in [3.05, 3.63) is 146 Å². The molecule has 3 aromatic heterocycles. The first-order chi connectivity index (χ1) is 22.4. The predicted octanol–water partition coefficient (Wildman–Crippen LogP) is 11.8. The minimum atomic E-state index is 1.18. The minimum absolute atomic E-state index is 1.18. The molecule has 0 saturated heterocycles. The van der Waals surface area contributed by atoms with Gasteiger partial charge in [-0.25, -0.2) is 0 Å². The van der Waals surface area contributed by atoms with Crippen LogP contribution in [-0.2, 0) is 0 Å². The summed E-state index contributed by atoms with van der Waals surface area (Å²) in [5.74, 6) is 0. The molecule has 0 radical (unpaired) electrons. The van der Waals surface area contributed by atoms with Gasteiger partial charge < -0.3 is 0 Å². The Morgan fingerprint density at radius 2 is 0.867 bits per heavy atom. The van der Waals surface area contributed by atoms with Crippen LogP contribution in [0.25, 0.3) is 97.4 Å². The van der Waals surface area contributed by atoms with Crippen LogP contribution in [0.1, 0.15) is 0 Å². The van der Waals surface area contributed by atoms with Crippen LogP contribution >= 0.6 is 11.3 Å². The van der Waals surface area contributed by atoms with Gasteiger partial charge >= 0.3 is 0 Å². The lowest BCUT2D eigenvalue weighted by molar-refractivity contribution is 1.33. The van der Waals surface area contributed by atoms with Crippen molar-refractivity contribution in [3.63, 3.8) is 0 Å². The van der Waals surface area contributed by atoms with Crippen LogP contribution in [0.4, 0.5) is 0 Å². The molecule has 10 rings (SSSR count). The Morgan fingerprint density at radius 1 is 0.356 bits per heavy atom. The SMILES string of the molecule is c1ccc2c(c1)sc1c(-c3ccc4c5c(cccc35)-c3c-4c(-c4ccncc4)c4ccccc4c3-c3ccncc3)cccc12. The highest BCUT2D eigenvalue weighted by Crippen LogP contribution is 2.58. The summed E-state index contributed by atoms with van der Waals surface area (Å²) in [4.78, 5) is 8.74. The maximum atomic E-state index is 4.37. The molecule has 9 aromatic rings. The first kappa shape index (κ1) is 24.8. The van der Waals surface area contributed by atoms with E-state index in [1.54, 1.807) is 0 Å². The molecule has 0 atom stereocenters. The van der Waals surface area contributed by atoms with E-state index in [2.05, 4.69) is 131 Å². The number of benzene rings is 6. The first-order valence-corrected chi connectivity index (χ1v) is 16.0. The fourth-order valence-electron chi connectivity index (χ4n) is 7.63. The van der Waals surface area contributed by atoms with Crippen molar-refractivity contribution in [3.8, 4) is 55.6 Å². The number of pyridine rings is 2. The highest BCUT2D eigenvalue weighted by Gasteiger charge is 2.31.